The first kappa shape index (κ1) is 28.7. The Morgan fingerprint density at radius 2 is 1.92 bits per heavy atom. The van der Waals surface area contributed by atoms with Crippen molar-refractivity contribution in [2.45, 2.75) is 75.9 Å². The summed E-state index contributed by atoms with van der Waals surface area (Å²) in [5.74, 6) is 2.03. The molecule has 39 heavy (non-hydrogen) atoms. The minimum absolute atomic E-state index is 0.0455. The molecular formula is C32H42Cl2N2O3. The molecule has 1 N–H and O–H groups in total. The van der Waals surface area contributed by atoms with Gasteiger partial charge in [-0.2, -0.15) is 0 Å². The topological polar surface area (TPSA) is 53.0 Å². The molecule has 0 aromatic heterocycles. The third-order valence-electron chi connectivity index (χ3n) is 9.20. The maximum absolute atomic E-state index is 13.9. The first-order valence-electron chi connectivity index (χ1n) is 14.4. The largest absolute Gasteiger partial charge is 0.497 e. The molecule has 7 heteroatoms. The fourth-order valence-electron chi connectivity index (χ4n) is 7.01. The van der Waals surface area contributed by atoms with Crippen LogP contribution in [0, 0.1) is 11.8 Å². The van der Waals surface area contributed by atoms with E-state index in [0.29, 0.717) is 35.5 Å². The summed E-state index contributed by atoms with van der Waals surface area (Å²) in [6.07, 6.45) is 5.98. The van der Waals surface area contributed by atoms with Crippen molar-refractivity contribution in [2.24, 2.45) is 11.8 Å². The van der Waals surface area contributed by atoms with Gasteiger partial charge in [0.2, 0.25) is 5.91 Å². The van der Waals surface area contributed by atoms with Crippen molar-refractivity contribution in [1.82, 2.24) is 9.80 Å². The number of ether oxygens (including phenoxy) is 1. The number of likely N-dealkylation sites (tertiary alicyclic amines) is 1. The molecule has 3 unspecified atom stereocenters. The molecule has 5 nitrogen and oxygen atoms in total. The van der Waals surface area contributed by atoms with Crippen LogP contribution in [0.1, 0.15) is 63.5 Å². The second-order valence-corrected chi connectivity index (χ2v) is 13.4. The van der Waals surface area contributed by atoms with Crippen molar-refractivity contribution in [3.05, 3.63) is 63.6 Å². The zero-order valence-corrected chi connectivity index (χ0v) is 25.0. The smallest absolute Gasteiger partial charge is 0.227 e. The van der Waals surface area contributed by atoms with Gasteiger partial charge < -0.3 is 19.6 Å². The van der Waals surface area contributed by atoms with Gasteiger partial charge in [-0.3, -0.25) is 4.79 Å². The standard InChI is InChI=1S/C32H42Cl2N2O3/c1-22(2)19-36(30(37)16-24-9-10-28(33)29(34)15-24)26-11-12-32(38)21-35(20-23-7-8-23)14-13-31(32,18-26)25-5-4-6-27(17-25)39-3/h4-6,9-10,15,17,22-23,26,38H,7-8,11-14,16,18-21H2,1-3H3. The van der Waals surface area contributed by atoms with Crippen LogP contribution >= 0.6 is 23.2 Å². The van der Waals surface area contributed by atoms with E-state index >= 15 is 0 Å². The molecule has 0 bridgehead atoms. The number of β-amino-alcohol motifs (C(OH)–C–C–N with tert-alkyl or cyclic N) is 1. The molecule has 2 aliphatic carbocycles. The summed E-state index contributed by atoms with van der Waals surface area (Å²) < 4.78 is 5.61. The van der Waals surface area contributed by atoms with Gasteiger partial charge in [0.15, 0.2) is 0 Å². The van der Waals surface area contributed by atoms with Crippen LogP contribution in [-0.4, -0.2) is 65.7 Å². The van der Waals surface area contributed by atoms with Crippen LogP contribution in [0.3, 0.4) is 0 Å². The number of aliphatic hydroxyl groups is 1. The zero-order valence-electron chi connectivity index (χ0n) is 23.5. The second kappa shape index (κ2) is 11.6. The number of nitrogens with zero attached hydrogens (tertiary/aromatic N) is 2. The Bertz CT molecular complexity index is 1190. The van der Waals surface area contributed by atoms with Crippen molar-refractivity contribution in [3.8, 4) is 5.75 Å². The van der Waals surface area contributed by atoms with Crippen molar-refractivity contribution < 1.29 is 14.6 Å². The molecule has 2 saturated carbocycles. The van der Waals surface area contributed by atoms with E-state index < -0.39 is 11.0 Å². The summed E-state index contributed by atoms with van der Waals surface area (Å²) in [6, 6.07) is 13.7. The number of rotatable bonds is 9. The molecule has 1 saturated heterocycles. The fourth-order valence-corrected chi connectivity index (χ4v) is 7.34. The Morgan fingerprint density at radius 1 is 1.13 bits per heavy atom. The fraction of sp³-hybridized carbons (Fsp3) is 0.594. The van der Waals surface area contributed by atoms with Crippen molar-refractivity contribution in [1.29, 1.82) is 0 Å². The second-order valence-electron chi connectivity index (χ2n) is 12.5. The Kier molecular flexibility index (Phi) is 8.54. The number of carbonyl (C=O) groups excluding carboxylic acids is 1. The minimum Gasteiger partial charge on any atom is -0.497 e. The van der Waals surface area contributed by atoms with Crippen LogP contribution in [0.5, 0.6) is 5.75 Å². The number of carbonyl (C=O) groups is 1. The molecule has 2 aromatic carbocycles. The third kappa shape index (κ3) is 6.12. The molecule has 3 atom stereocenters. The zero-order chi connectivity index (χ0) is 27.8. The molecule has 0 spiro atoms. The predicted octanol–water partition coefficient (Wildman–Crippen LogP) is 6.37. The highest BCUT2D eigenvalue weighted by molar-refractivity contribution is 6.42. The summed E-state index contributed by atoms with van der Waals surface area (Å²) in [7, 11) is 1.69. The maximum Gasteiger partial charge on any atom is 0.227 e. The van der Waals surface area contributed by atoms with Gasteiger partial charge in [0.05, 0.1) is 29.2 Å². The first-order valence-corrected chi connectivity index (χ1v) is 15.2. The van der Waals surface area contributed by atoms with Gasteiger partial charge in [0, 0.05) is 31.1 Å². The number of methoxy groups -OCH3 is 1. The summed E-state index contributed by atoms with van der Waals surface area (Å²) in [4.78, 5) is 18.4. The van der Waals surface area contributed by atoms with Crippen molar-refractivity contribution >= 4 is 29.1 Å². The van der Waals surface area contributed by atoms with E-state index in [1.54, 1.807) is 19.2 Å². The normalized spacial score (nSPS) is 27.3. The third-order valence-corrected chi connectivity index (χ3v) is 9.94. The Hall–Kier alpha value is -1.79. The van der Waals surface area contributed by atoms with E-state index in [1.165, 1.54) is 12.8 Å². The van der Waals surface area contributed by atoms with Crippen LogP contribution in [0.15, 0.2) is 42.5 Å². The van der Waals surface area contributed by atoms with E-state index in [4.69, 9.17) is 27.9 Å². The Balaban J connectivity index is 1.45. The highest BCUT2D eigenvalue weighted by Gasteiger charge is 2.58. The van der Waals surface area contributed by atoms with Gasteiger partial charge >= 0.3 is 0 Å². The Labute approximate surface area is 243 Å². The van der Waals surface area contributed by atoms with Crippen molar-refractivity contribution in [3.63, 3.8) is 0 Å². The van der Waals surface area contributed by atoms with Gasteiger partial charge in [0.1, 0.15) is 5.75 Å². The van der Waals surface area contributed by atoms with Gasteiger partial charge in [0.25, 0.3) is 0 Å². The summed E-state index contributed by atoms with van der Waals surface area (Å²) in [5.41, 5.74) is 0.705. The number of halogens is 2. The molecule has 3 aliphatic rings. The molecule has 1 aliphatic heterocycles. The Morgan fingerprint density at radius 3 is 2.62 bits per heavy atom. The van der Waals surface area contributed by atoms with Crippen LogP contribution in [0.2, 0.25) is 10.0 Å². The molecule has 1 amide bonds. The molecule has 5 rings (SSSR count). The minimum atomic E-state index is -0.848. The molecule has 1 heterocycles. The van der Waals surface area contributed by atoms with Crippen molar-refractivity contribution in [2.75, 3.05) is 33.3 Å². The summed E-state index contributed by atoms with van der Waals surface area (Å²) >= 11 is 12.4. The number of fused-ring (bicyclic) bond motifs is 1. The van der Waals surface area contributed by atoms with E-state index in [1.807, 2.05) is 18.2 Å². The van der Waals surface area contributed by atoms with Crippen LogP contribution < -0.4 is 4.74 Å². The maximum atomic E-state index is 13.9. The van der Waals surface area contributed by atoms with Crippen LogP contribution in [-0.2, 0) is 16.6 Å². The summed E-state index contributed by atoms with van der Waals surface area (Å²) in [5, 5.41) is 13.4. The van der Waals surface area contributed by atoms with E-state index in [9.17, 15) is 9.90 Å². The number of hydrogen-bond acceptors (Lipinski definition) is 4. The summed E-state index contributed by atoms with van der Waals surface area (Å²) in [6.45, 7) is 7.74. The molecule has 0 radical (unpaired) electrons. The monoisotopic (exact) mass is 572 g/mol. The predicted molar refractivity (Wildman–Crippen MR) is 158 cm³/mol. The first-order chi connectivity index (χ1) is 18.6. The van der Waals surface area contributed by atoms with Gasteiger partial charge in [-0.15, -0.1) is 0 Å². The molecule has 3 fully saturated rings. The number of benzene rings is 2. The SMILES string of the molecule is COc1cccc(C23CCN(CC4CC4)CC2(O)CCC(N(CC(C)C)C(=O)Cc2ccc(Cl)c(Cl)c2)C3)c1. The van der Waals surface area contributed by atoms with E-state index in [0.717, 1.165) is 55.1 Å². The quantitative estimate of drug-likeness (QED) is 0.379. The van der Waals surface area contributed by atoms with Gasteiger partial charge in [-0.1, -0.05) is 55.2 Å². The van der Waals surface area contributed by atoms with E-state index in [-0.39, 0.29) is 18.4 Å². The van der Waals surface area contributed by atoms with Gasteiger partial charge in [-0.25, -0.2) is 0 Å². The van der Waals surface area contributed by atoms with Crippen LogP contribution in [0.4, 0.5) is 0 Å². The lowest BCUT2D eigenvalue weighted by Gasteiger charge is -2.59. The number of amides is 1. The van der Waals surface area contributed by atoms with Gasteiger partial charge in [-0.05, 0) is 92.3 Å². The highest BCUT2D eigenvalue weighted by atomic mass is 35.5. The lowest BCUT2D eigenvalue weighted by atomic mass is 9.55. The van der Waals surface area contributed by atoms with Crippen LogP contribution in [0.25, 0.3) is 0 Å². The van der Waals surface area contributed by atoms with E-state index in [2.05, 4.69) is 35.8 Å². The highest BCUT2D eigenvalue weighted by Crippen LogP contribution is 2.53. The number of piperidine rings is 1. The number of hydrogen-bond donors (Lipinski definition) is 1. The average molecular weight is 574 g/mol. The molecular weight excluding hydrogens is 531 g/mol. The molecule has 2 aromatic rings. The average Bonchev–Trinajstić information content (AvgIpc) is 3.73. The lowest BCUT2D eigenvalue weighted by Crippen LogP contribution is -2.67. The molecule has 212 valence electrons. The lowest BCUT2D eigenvalue weighted by molar-refractivity contribution is -0.150.